The molecule has 6 nitrogen and oxygen atoms in total. The molecule has 160 valence electrons. The van der Waals surface area contributed by atoms with Crippen LogP contribution in [0.1, 0.15) is 18.4 Å². The lowest BCUT2D eigenvalue weighted by atomic mass is 9.96. The summed E-state index contributed by atoms with van der Waals surface area (Å²) >= 11 is 12.2. The quantitative estimate of drug-likeness (QED) is 0.727. The van der Waals surface area contributed by atoms with Crippen LogP contribution in [0.5, 0.6) is 0 Å². The van der Waals surface area contributed by atoms with Crippen LogP contribution >= 0.6 is 23.2 Å². The van der Waals surface area contributed by atoms with Crippen molar-refractivity contribution in [1.82, 2.24) is 14.5 Å². The van der Waals surface area contributed by atoms with Gasteiger partial charge < -0.3 is 10.2 Å². The Kier molecular flexibility index (Phi) is 5.99. The number of sulfonamides is 1. The normalized spacial score (nSPS) is 18.8. The molecule has 0 unspecified atom stereocenters. The lowest BCUT2D eigenvalue weighted by molar-refractivity contribution is 0.171. The summed E-state index contributed by atoms with van der Waals surface area (Å²) in [4.78, 5) is 14.2. The Hall–Kier alpha value is -1.80. The molecule has 2 aromatic rings. The largest absolute Gasteiger partial charge is 0.337 e. The highest BCUT2D eigenvalue weighted by atomic mass is 35.5. The number of nitrogens with one attached hydrogen (secondary N) is 1. The van der Waals surface area contributed by atoms with Crippen molar-refractivity contribution in [3.8, 4) is 0 Å². The van der Waals surface area contributed by atoms with Crippen molar-refractivity contribution < 1.29 is 13.2 Å². The Balaban J connectivity index is 1.35. The van der Waals surface area contributed by atoms with Crippen molar-refractivity contribution in [2.75, 3.05) is 32.7 Å². The molecule has 0 radical (unpaired) electrons. The van der Waals surface area contributed by atoms with Crippen LogP contribution < -0.4 is 5.32 Å². The Labute approximate surface area is 186 Å². The number of benzene rings is 2. The highest BCUT2D eigenvalue weighted by molar-refractivity contribution is 7.89. The zero-order valence-corrected chi connectivity index (χ0v) is 18.7. The summed E-state index contributed by atoms with van der Waals surface area (Å²) < 4.78 is 27.3. The van der Waals surface area contributed by atoms with Crippen LogP contribution in [0.25, 0.3) is 0 Å². The maximum absolute atomic E-state index is 13.0. The van der Waals surface area contributed by atoms with Gasteiger partial charge >= 0.3 is 6.03 Å². The smallest absolute Gasteiger partial charge is 0.317 e. The van der Waals surface area contributed by atoms with Gasteiger partial charge in [0.25, 0.3) is 0 Å². The van der Waals surface area contributed by atoms with Crippen LogP contribution in [0.4, 0.5) is 4.79 Å². The Morgan fingerprint density at radius 1 is 0.933 bits per heavy atom. The molecule has 1 aliphatic carbocycles. The van der Waals surface area contributed by atoms with Crippen molar-refractivity contribution in [2.45, 2.75) is 23.2 Å². The van der Waals surface area contributed by atoms with Crippen molar-refractivity contribution in [3.63, 3.8) is 0 Å². The summed E-state index contributed by atoms with van der Waals surface area (Å²) in [6, 6.07) is 14.7. The molecule has 4 rings (SSSR count). The van der Waals surface area contributed by atoms with E-state index < -0.39 is 10.0 Å². The molecule has 0 atom stereocenters. The van der Waals surface area contributed by atoms with Gasteiger partial charge in [-0.3, -0.25) is 0 Å². The monoisotopic (exact) mass is 467 g/mol. The molecule has 2 aliphatic rings. The molecule has 2 aromatic carbocycles. The summed E-state index contributed by atoms with van der Waals surface area (Å²) in [5, 5.41) is 3.23. The van der Waals surface area contributed by atoms with Gasteiger partial charge in [0.1, 0.15) is 4.90 Å². The third-order valence-electron chi connectivity index (χ3n) is 5.86. The molecule has 1 saturated carbocycles. The molecular weight excluding hydrogens is 445 g/mol. The van der Waals surface area contributed by atoms with Crippen molar-refractivity contribution in [2.24, 2.45) is 0 Å². The average Bonchev–Trinajstić information content (AvgIpc) is 3.54. The van der Waals surface area contributed by atoms with Gasteiger partial charge in [-0.05, 0) is 30.5 Å². The first-order valence-electron chi connectivity index (χ1n) is 9.86. The van der Waals surface area contributed by atoms with Gasteiger partial charge in [-0.15, -0.1) is 0 Å². The number of rotatable bonds is 5. The highest BCUT2D eigenvalue weighted by Crippen LogP contribution is 2.47. The number of nitrogens with zero attached hydrogens (tertiary/aromatic N) is 2. The van der Waals surface area contributed by atoms with Gasteiger partial charge in [0, 0.05) is 38.1 Å². The number of carbonyl (C=O) groups excluding carboxylic acids is 1. The molecule has 9 heteroatoms. The molecule has 0 bridgehead atoms. The van der Waals surface area contributed by atoms with E-state index in [0.29, 0.717) is 19.6 Å². The third-order valence-corrected chi connectivity index (χ3v) is 8.72. The maximum atomic E-state index is 13.0. The second-order valence-corrected chi connectivity index (χ2v) is 10.4. The Morgan fingerprint density at radius 3 is 2.10 bits per heavy atom. The van der Waals surface area contributed by atoms with E-state index >= 15 is 0 Å². The van der Waals surface area contributed by atoms with Gasteiger partial charge in [-0.25, -0.2) is 13.2 Å². The van der Waals surface area contributed by atoms with Crippen LogP contribution in [0.2, 0.25) is 10.0 Å². The molecule has 1 aliphatic heterocycles. The van der Waals surface area contributed by atoms with E-state index in [2.05, 4.69) is 17.4 Å². The number of urea groups is 1. The van der Waals surface area contributed by atoms with Crippen LogP contribution in [0.3, 0.4) is 0 Å². The van der Waals surface area contributed by atoms with Crippen molar-refractivity contribution in [3.05, 3.63) is 64.1 Å². The molecule has 2 fully saturated rings. The van der Waals surface area contributed by atoms with E-state index in [1.807, 2.05) is 18.2 Å². The fourth-order valence-electron chi connectivity index (χ4n) is 3.86. The van der Waals surface area contributed by atoms with E-state index in [-0.39, 0.29) is 39.5 Å². The minimum atomic E-state index is -3.82. The van der Waals surface area contributed by atoms with E-state index in [1.165, 1.54) is 22.0 Å². The predicted molar refractivity (Wildman–Crippen MR) is 118 cm³/mol. The van der Waals surface area contributed by atoms with Gasteiger partial charge in [0.05, 0.1) is 10.0 Å². The highest BCUT2D eigenvalue weighted by Gasteiger charge is 2.44. The van der Waals surface area contributed by atoms with E-state index in [0.717, 1.165) is 12.8 Å². The van der Waals surface area contributed by atoms with Gasteiger partial charge in [0.15, 0.2) is 0 Å². The average molecular weight is 468 g/mol. The second kappa shape index (κ2) is 8.38. The molecule has 0 spiro atoms. The fraction of sp³-hybridized carbons (Fsp3) is 0.381. The first-order valence-corrected chi connectivity index (χ1v) is 12.1. The number of halogens is 2. The number of amides is 2. The molecular formula is C21H23Cl2N3O3S. The number of hydrogen-bond acceptors (Lipinski definition) is 3. The van der Waals surface area contributed by atoms with Crippen molar-refractivity contribution >= 4 is 39.3 Å². The molecule has 1 heterocycles. The maximum Gasteiger partial charge on any atom is 0.317 e. The van der Waals surface area contributed by atoms with Gasteiger partial charge in [-0.2, -0.15) is 4.31 Å². The summed E-state index contributed by atoms with van der Waals surface area (Å²) in [5.41, 5.74) is 1.28. The van der Waals surface area contributed by atoms with E-state index in [9.17, 15) is 13.2 Å². The lowest BCUT2D eigenvalue weighted by Crippen LogP contribution is -2.53. The first kappa shape index (κ1) is 21.4. The lowest BCUT2D eigenvalue weighted by Gasteiger charge is -2.34. The predicted octanol–water partition coefficient (Wildman–Crippen LogP) is 3.74. The van der Waals surface area contributed by atoms with Crippen LogP contribution in [-0.4, -0.2) is 56.4 Å². The Morgan fingerprint density at radius 2 is 1.53 bits per heavy atom. The first-order chi connectivity index (χ1) is 14.3. The zero-order valence-electron chi connectivity index (χ0n) is 16.4. The van der Waals surface area contributed by atoms with Crippen molar-refractivity contribution in [1.29, 1.82) is 0 Å². The number of hydrogen-bond donors (Lipinski definition) is 1. The van der Waals surface area contributed by atoms with Gasteiger partial charge in [-0.1, -0.05) is 59.6 Å². The topological polar surface area (TPSA) is 69.7 Å². The van der Waals surface area contributed by atoms with Gasteiger partial charge in [0.2, 0.25) is 10.0 Å². The van der Waals surface area contributed by atoms with Crippen LogP contribution in [-0.2, 0) is 15.4 Å². The third kappa shape index (κ3) is 4.17. The minimum Gasteiger partial charge on any atom is -0.337 e. The fourth-order valence-corrected chi connectivity index (χ4v) is 6.37. The number of piperazine rings is 1. The SMILES string of the molecule is O=C(NCC1(c2ccccc2)CC1)N1CCN(S(=O)(=O)c2c(Cl)cccc2Cl)CC1. The molecule has 30 heavy (non-hydrogen) atoms. The van der Waals surface area contributed by atoms with E-state index in [4.69, 9.17) is 23.2 Å². The number of carbonyl (C=O) groups is 1. The van der Waals surface area contributed by atoms with Crippen LogP contribution in [0, 0.1) is 0 Å². The summed E-state index contributed by atoms with van der Waals surface area (Å²) in [7, 11) is -3.82. The Bertz CT molecular complexity index is 1010. The second-order valence-electron chi connectivity index (χ2n) is 7.75. The molecule has 2 amide bonds. The molecule has 1 saturated heterocycles. The summed E-state index contributed by atoms with van der Waals surface area (Å²) in [6.45, 7) is 1.60. The summed E-state index contributed by atoms with van der Waals surface area (Å²) in [5.74, 6) is 0. The zero-order chi connectivity index (χ0) is 21.4. The standard InChI is InChI=1S/C21H23Cl2N3O3S/c22-17-7-4-8-18(23)19(17)30(28,29)26-13-11-25(12-14-26)20(27)24-15-21(9-10-21)16-5-2-1-3-6-16/h1-8H,9-15H2,(H,24,27). The van der Waals surface area contributed by atoms with Crippen LogP contribution in [0.15, 0.2) is 53.4 Å². The van der Waals surface area contributed by atoms with E-state index in [1.54, 1.807) is 11.0 Å². The molecule has 0 aromatic heterocycles. The molecule has 1 N–H and O–H groups in total. The minimum absolute atomic E-state index is 0.0306. The summed E-state index contributed by atoms with van der Waals surface area (Å²) in [6.07, 6.45) is 2.11.